The number of aromatic amines is 3. The third-order valence-electron chi connectivity index (χ3n) is 3.72. The first-order valence-electron chi connectivity index (χ1n) is 7.91. The van der Waals surface area contributed by atoms with Crippen LogP contribution < -0.4 is 21.8 Å². The Balaban J connectivity index is 2.12. The largest absolute Gasteiger partial charge is 0.348 e. The smallest absolute Gasteiger partial charge is 0.272 e. The van der Waals surface area contributed by atoms with Gasteiger partial charge in [-0.3, -0.25) is 9.59 Å². The highest BCUT2D eigenvalue weighted by molar-refractivity contribution is 9.10. The minimum Gasteiger partial charge on any atom is -0.348 e. The van der Waals surface area contributed by atoms with Crippen LogP contribution in [0.2, 0.25) is 0 Å². The van der Waals surface area contributed by atoms with E-state index in [0.29, 0.717) is 5.69 Å². The molecule has 0 atom stereocenters. The SMILES string of the molecule is CCCc1[nH]cnc1/C=c1\[nH]c(=O)/c(=C/c2ccccc2Br)[nH]c1=O. The van der Waals surface area contributed by atoms with E-state index in [1.165, 1.54) is 0 Å². The zero-order valence-corrected chi connectivity index (χ0v) is 15.2. The maximum atomic E-state index is 12.3. The molecule has 7 heteroatoms. The second-order valence-electron chi connectivity index (χ2n) is 5.56. The zero-order chi connectivity index (χ0) is 17.8. The van der Waals surface area contributed by atoms with Gasteiger partial charge in [-0.2, -0.15) is 0 Å². The normalized spacial score (nSPS) is 12.7. The van der Waals surface area contributed by atoms with Crippen molar-refractivity contribution in [1.29, 1.82) is 0 Å². The van der Waals surface area contributed by atoms with Gasteiger partial charge >= 0.3 is 0 Å². The lowest BCUT2D eigenvalue weighted by molar-refractivity contribution is 0.889. The van der Waals surface area contributed by atoms with Crippen molar-refractivity contribution in [3.8, 4) is 0 Å². The van der Waals surface area contributed by atoms with Gasteiger partial charge in [0, 0.05) is 10.2 Å². The van der Waals surface area contributed by atoms with Crippen LogP contribution in [0.25, 0.3) is 12.2 Å². The molecule has 0 unspecified atom stereocenters. The summed E-state index contributed by atoms with van der Waals surface area (Å²) in [5, 5.41) is 0.378. The monoisotopic (exact) mass is 400 g/mol. The van der Waals surface area contributed by atoms with Gasteiger partial charge in [-0.05, 0) is 30.2 Å². The number of aromatic nitrogens is 4. The van der Waals surface area contributed by atoms with Gasteiger partial charge in [0.25, 0.3) is 11.1 Å². The predicted octanol–water partition coefficient (Wildman–Crippen LogP) is 1.16. The van der Waals surface area contributed by atoms with Crippen molar-refractivity contribution < 1.29 is 0 Å². The number of benzene rings is 1. The fourth-order valence-electron chi connectivity index (χ4n) is 2.49. The number of rotatable bonds is 4. The number of nitrogens with zero attached hydrogens (tertiary/aromatic N) is 1. The van der Waals surface area contributed by atoms with Crippen LogP contribution in [-0.4, -0.2) is 19.9 Å². The van der Waals surface area contributed by atoms with Gasteiger partial charge in [0.2, 0.25) is 0 Å². The minimum atomic E-state index is -0.372. The predicted molar refractivity (Wildman–Crippen MR) is 101 cm³/mol. The van der Waals surface area contributed by atoms with Crippen LogP contribution in [0.4, 0.5) is 0 Å². The van der Waals surface area contributed by atoms with Crippen LogP contribution in [0.5, 0.6) is 0 Å². The Kier molecular flexibility index (Phi) is 5.14. The molecule has 0 radical (unpaired) electrons. The molecule has 0 fully saturated rings. The number of imidazole rings is 1. The summed E-state index contributed by atoms with van der Waals surface area (Å²) in [6.45, 7) is 2.06. The molecule has 0 spiro atoms. The van der Waals surface area contributed by atoms with Crippen molar-refractivity contribution in [2.45, 2.75) is 19.8 Å². The fourth-order valence-corrected chi connectivity index (χ4v) is 2.89. The van der Waals surface area contributed by atoms with Gasteiger partial charge < -0.3 is 15.0 Å². The summed E-state index contributed by atoms with van der Waals surface area (Å²) >= 11 is 3.42. The summed E-state index contributed by atoms with van der Waals surface area (Å²) in [4.78, 5) is 37.2. The summed E-state index contributed by atoms with van der Waals surface area (Å²) in [7, 11) is 0. The van der Waals surface area contributed by atoms with Crippen LogP contribution in [0.3, 0.4) is 0 Å². The Morgan fingerprint density at radius 1 is 1.08 bits per heavy atom. The topological polar surface area (TPSA) is 94.4 Å². The fraction of sp³-hybridized carbons (Fsp3) is 0.167. The second kappa shape index (κ2) is 7.48. The Labute approximate surface area is 151 Å². The third-order valence-corrected chi connectivity index (χ3v) is 4.45. The number of H-pyrrole nitrogens is 3. The first kappa shape index (κ1) is 17.2. The Bertz CT molecular complexity index is 1120. The second-order valence-corrected chi connectivity index (χ2v) is 6.42. The molecule has 3 N–H and O–H groups in total. The van der Waals surface area contributed by atoms with E-state index < -0.39 is 0 Å². The lowest BCUT2D eigenvalue weighted by Crippen LogP contribution is -2.46. The molecule has 0 aliphatic heterocycles. The zero-order valence-electron chi connectivity index (χ0n) is 13.6. The minimum absolute atomic E-state index is 0.179. The molecule has 2 aromatic heterocycles. The average Bonchev–Trinajstić information content (AvgIpc) is 3.01. The van der Waals surface area contributed by atoms with E-state index in [9.17, 15) is 9.59 Å². The van der Waals surface area contributed by atoms with E-state index >= 15 is 0 Å². The highest BCUT2D eigenvalue weighted by Crippen LogP contribution is 2.15. The summed E-state index contributed by atoms with van der Waals surface area (Å²) in [5.74, 6) is 0. The molecule has 3 rings (SSSR count). The number of nitrogens with one attached hydrogen (secondary N) is 3. The highest BCUT2D eigenvalue weighted by atomic mass is 79.9. The van der Waals surface area contributed by atoms with Gasteiger partial charge in [-0.25, -0.2) is 4.98 Å². The van der Waals surface area contributed by atoms with Crippen LogP contribution in [0, 0.1) is 0 Å². The summed E-state index contributed by atoms with van der Waals surface area (Å²) in [5.41, 5.74) is 1.66. The molecule has 6 nitrogen and oxygen atoms in total. The van der Waals surface area contributed by atoms with E-state index in [-0.39, 0.29) is 21.8 Å². The molecule has 3 aromatic rings. The third kappa shape index (κ3) is 3.88. The number of hydrogen-bond donors (Lipinski definition) is 3. The Morgan fingerprint density at radius 2 is 1.76 bits per heavy atom. The van der Waals surface area contributed by atoms with Crippen LogP contribution in [-0.2, 0) is 6.42 Å². The molecule has 1 aromatic carbocycles. The van der Waals surface area contributed by atoms with Crippen LogP contribution in [0.1, 0.15) is 30.3 Å². The highest BCUT2D eigenvalue weighted by Gasteiger charge is 2.03. The molecule has 128 valence electrons. The lowest BCUT2D eigenvalue weighted by Gasteiger charge is -1.97. The molecule has 0 aliphatic carbocycles. The molecule has 2 heterocycles. The van der Waals surface area contributed by atoms with Crippen molar-refractivity contribution in [1.82, 2.24) is 19.9 Å². The van der Waals surface area contributed by atoms with Crippen molar-refractivity contribution in [2.24, 2.45) is 0 Å². The summed E-state index contributed by atoms with van der Waals surface area (Å²) < 4.78 is 0.839. The maximum Gasteiger partial charge on any atom is 0.272 e. The van der Waals surface area contributed by atoms with Crippen LogP contribution >= 0.6 is 15.9 Å². The van der Waals surface area contributed by atoms with E-state index in [4.69, 9.17) is 0 Å². The molecule has 0 amide bonds. The molecule has 25 heavy (non-hydrogen) atoms. The van der Waals surface area contributed by atoms with Gasteiger partial charge in [-0.15, -0.1) is 0 Å². The molecular weight excluding hydrogens is 384 g/mol. The van der Waals surface area contributed by atoms with Crippen LogP contribution in [0.15, 0.2) is 44.7 Å². The van der Waals surface area contributed by atoms with Gasteiger partial charge in [0.1, 0.15) is 10.7 Å². The van der Waals surface area contributed by atoms with Gasteiger partial charge in [-0.1, -0.05) is 47.5 Å². The van der Waals surface area contributed by atoms with E-state index in [1.807, 2.05) is 24.3 Å². The van der Waals surface area contributed by atoms with Crippen molar-refractivity contribution in [3.63, 3.8) is 0 Å². The Morgan fingerprint density at radius 3 is 2.44 bits per heavy atom. The number of aryl methyl sites for hydroxylation is 1. The first-order chi connectivity index (χ1) is 12.1. The van der Waals surface area contributed by atoms with Crippen molar-refractivity contribution in [2.75, 3.05) is 0 Å². The number of halogens is 1. The van der Waals surface area contributed by atoms with E-state index in [1.54, 1.807) is 18.5 Å². The Hall–Kier alpha value is -2.67. The number of hydrogen-bond acceptors (Lipinski definition) is 3. The van der Waals surface area contributed by atoms with E-state index in [0.717, 1.165) is 28.6 Å². The first-order valence-corrected chi connectivity index (χ1v) is 8.70. The summed E-state index contributed by atoms with van der Waals surface area (Å²) in [6, 6.07) is 7.46. The lowest BCUT2D eigenvalue weighted by atomic mass is 10.2. The molecule has 0 bridgehead atoms. The molecule has 0 saturated carbocycles. The van der Waals surface area contributed by atoms with Gasteiger partial charge in [0.15, 0.2) is 0 Å². The molecule has 0 saturated heterocycles. The van der Waals surface area contributed by atoms with E-state index in [2.05, 4.69) is 42.8 Å². The standard InChI is InChI=1S/C18H17BrN4O2/c1-2-5-13-14(21-10-20-13)9-16-18(25)22-15(17(24)23-16)8-11-6-3-4-7-12(11)19/h3-4,6-10H,2,5H2,1H3,(H,20,21)(H,22,25)(H,23,24)/b15-8-,16-9-. The average molecular weight is 401 g/mol. The quantitative estimate of drug-likeness (QED) is 0.613. The molecular formula is C18H17BrN4O2. The van der Waals surface area contributed by atoms with Crippen molar-refractivity contribution >= 4 is 28.1 Å². The van der Waals surface area contributed by atoms with Gasteiger partial charge in [0.05, 0.1) is 12.0 Å². The summed E-state index contributed by atoms with van der Waals surface area (Å²) in [6.07, 6.45) is 6.57. The van der Waals surface area contributed by atoms with Crippen molar-refractivity contribution in [3.05, 3.63) is 83.4 Å². The molecule has 0 aliphatic rings. The maximum absolute atomic E-state index is 12.3.